The van der Waals surface area contributed by atoms with Gasteiger partial charge in [-0.15, -0.1) is 0 Å². The monoisotopic (exact) mass is 272 g/mol. The molecule has 1 aliphatic rings. The predicted octanol–water partition coefficient (Wildman–Crippen LogP) is 2.48. The second-order valence-corrected chi connectivity index (χ2v) is 5.47. The van der Waals surface area contributed by atoms with Crippen LogP contribution in [-0.4, -0.2) is 20.8 Å². The van der Waals surface area contributed by atoms with Crippen LogP contribution < -0.4 is 10.1 Å². The molecule has 0 aromatic carbocycles. The highest BCUT2D eigenvalue weighted by Crippen LogP contribution is 2.27. The zero-order valence-electron chi connectivity index (χ0n) is 12.2. The second kappa shape index (κ2) is 5.25. The molecule has 0 atom stereocenters. The summed E-state index contributed by atoms with van der Waals surface area (Å²) in [5.74, 6) is 1.40. The maximum absolute atomic E-state index is 5.91. The van der Waals surface area contributed by atoms with E-state index >= 15 is 0 Å². The molecular weight excluding hydrogens is 252 g/mol. The van der Waals surface area contributed by atoms with Gasteiger partial charge in [-0.1, -0.05) is 0 Å². The van der Waals surface area contributed by atoms with Crippen LogP contribution in [0, 0.1) is 13.8 Å². The minimum atomic E-state index is 0.668. The molecule has 5 nitrogen and oxygen atoms in total. The van der Waals surface area contributed by atoms with Crippen molar-refractivity contribution in [2.24, 2.45) is 7.05 Å². The van der Waals surface area contributed by atoms with Crippen molar-refractivity contribution < 1.29 is 4.74 Å². The third-order valence-electron chi connectivity index (χ3n) is 3.48. The Morgan fingerprint density at radius 3 is 2.85 bits per heavy atom. The molecule has 20 heavy (non-hydrogen) atoms. The molecule has 106 valence electrons. The normalized spacial score (nSPS) is 14.6. The van der Waals surface area contributed by atoms with E-state index < -0.39 is 0 Å². The van der Waals surface area contributed by atoms with Crippen LogP contribution in [-0.2, 0) is 13.6 Å². The molecule has 0 saturated heterocycles. The highest BCUT2D eigenvalue weighted by Gasteiger charge is 2.21. The Balaban J connectivity index is 1.85. The van der Waals surface area contributed by atoms with Gasteiger partial charge in [0.05, 0.1) is 12.4 Å². The van der Waals surface area contributed by atoms with Gasteiger partial charge in [0.1, 0.15) is 0 Å². The maximum atomic E-state index is 5.91. The summed E-state index contributed by atoms with van der Waals surface area (Å²) < 4.78 is 7.63. The van der Waals surface area contributed by atoms with Crippen LogP contribution in [0.3, 0.4) is 0 Å². The smallest absolute Gasteiger partial charge is 0.224 e. The van der Waals surface area contributed by atoms with E-state index in [1.165, 1.54) is 18.4 Å². The fraction of sp³-hybridized carbons (Fsp3) is 0.467. The van der Waals surface area contributed by atoms with Crippen molar-refractivity contribution in [3.63, 3.8) is 0 Å². The summed E-state index contributed by atoms with van der Waals surface area (Å²) in [6.07, 6.45) is 6.10. The van der Waals surface area contributed by atoms with Crippen molar-refractivity contribution in [3.8, 4) is 11.6 Å². The maximum Gasteiger partial charge on any atom is 0.224 e. The fourth-order valence-electron chi connectivity index (χ4n) is 2.23. The first-order chi connectivity index (χ1) is 9.61. The van der Waals surface area contributed by atoms with Gasteiger partial charge in [0.25, 0.3) is 0 Å². The van der Waals surface area contributed by atoms with Crippen molar-refractivity contribution in [3.05, 3.63) is 35.3 Å². The van der Waals surface area contributed by atoms with Crippen LogP contribution in [0.1, 0.15) is 29.7 Å². The Hall–Kier alpha value is -1.88. The molecule has 0 amide bonds. The molecule has 1 aliphatic carbocycles. The minimum absolute atomic E-state index is 0.668. The van der Waals surface area contributed by atoms with Crippen molar-refractivity contribution in [2.45, 2.75) is 39.3 Å². The molecule has 2 aromatic heterocycles. The van der Waals surface area contributed by atoms with Crippen molar-refractivity contribution >= 4 is 0 Å². The SMILES string of the molecule is Cc1cc(C)c(CNC2CC2)c(Oc2cnn(C)c2)n1. The first-order valence-electron chi connectivity index (χ1n) is 6.99. The van der Waals surface area contributed by atoms with Gasteiger partial charge in [-0.25, -0.2) is 4.98 Å². The number of aromatic nitrogens is 3. The minimum Gasteiger partial charge on any atom is -0.435 e. The van der Waals surface area contributed by atoms with E-state index in [9.17, 15) is 0 Å². The Labute approximate surface area is 119 Å². The van der Waals surface area contributed by atoms with Gasteiger partial charge in [0, 0.05) is 30.9 Å². The van der Waals surface area contributed by atoms with Crippen LogP contribution >= 0.6 is 0 Å². The molecule has 0 bridgehead atoms. The summed E-state index contributed by atoms with van der Waals surface area (Å²) in [6, 6.07) is 2.77. The fourth-order valence-corrected chi connectivity index (χ4v) is 2.23. The number of hydrogen-bond acceptors (Lipinski definition) is 4. The Morgan fingerprint density at radius 2 is 2.20 bits per heavy atom. The number of hydrogen-bond donors (Lipinski definition) is 1. The Bertz CT molecular complexity index is 616. The molecule has 3 rings (SSSR count). The number of nitrogens with zero attached hydrogens (tertiary/aromatic N) is 3. The first-order valence-corrected chi connectivity index (χ1v) is 6.99. The van der Waals surface area contributed by atoms with E-state index in [1.54, 1.807) is 10.9 Å². The van der Waals surface area contributed by atoms with E-state index in [-0.39, 0.29) is 0 Å². The summed E-state index contributed by atoms with van der Waals surface area (Å²) in [4.78, 5) is 4.54. The van der Waals surface area contributed by atoms with Crippen LogP contribution in [0.2, 0.25) is 0 Å². The van der Waals surface area contributed by atoms with E-state index in [1.807, 2.05) is 20.2 Å². The van der Waals surface area contributed by atoms with Gasteiger partial charge < -0.3 is 10.1 Å². The largest absolute Gasteiger partial charge is 0.435 e. The van der Waals surface area contributed by atoms with Crippen LogP contribution in [0.4, 0.5) is 0 Å². The van der Waals surface area contributed by atoms with Gasteiger partial charge in [-0.2, -0.15) is 5.10 Å². The van der Waals surface area contributed by atoms with E-state index in [0.29, 0.717) is 11.9 Å². The van der Waals surface area contributed by atoms with Gasteiger partial charge in [-0.3, -0.25) is 4.68 Å². The lowest BCUT2D eigenvalue weighted by atomic mass is 10.1. The van der Waals surface area contributed by atoms with Crippen LogP contribution in [0.15, 0.2) is 18.5 Å². The topological polar surface area (TPSA) is 52.0 Å². The number of aryl methyl sites for hydroxylation is 3. The van der Waals surface area contributed by atoms with Gasteiger partial charge in [0.15, 0.2) is 5.75 Å². The first kappa shape index (κ1) is 13.1. The second-order valence-electron chi connectivity index (χ2n) is 5.47. The quantitative estimate of drug-likeness (QED) is 0.908. The summed E-state index contributed by atoms with van der Waals surface area (Å²) in [7, 11) is 1.87. The molecule has 2 heterocycles. The van der Waals surface area contributed by atoms with Crippen molar-refractivity contribution in [1.82, 2.24) is 20.1 Å². The molecule has 1 saturated carbocycles. The highest BCUT2D eigenvalue weighted by molar-refractivity contribution is 5.38. The lowest BCUT2D eigenvalue weighted by Crippen LogP contribution is -2.17. The lowest BCUT2D eigenvalue weighted by molar-refractivity contribution is 0.450. The zero-order chi connectivity index (χ0) is 14.1. The number of rotatable bonds is 5. The number of pyridine rings is 1. The van der Waals surface area contributed by atoms with Crippen molar-refractivity contribution in [1.29, 1.82) is 0 Å². The van der Waals surface area contributed by atoms with Gasteiger partial charge in [-0.05, 0) is 38.3 Å². The average molecular weight is 272 g/mol. The predicted molar refractivity (Wildman–Crippen MR) is 76.9 cm³/mol. The lowest BCUT2D eigenvalue weighted by Gasteiger charge is -2.13. The summed E-state index contributed by atoms with van der Waals surface area (Å²) in [5.41, 5.74) is 3.31. The zero-order valence-corrected chi connectivity index (χ0v) is 12.2. The number of ether oxygens (including phenoxy) is 1. The molecule has 0 unspecified atom stereocenters. The van der Waals surface area contributed by atoms with E-state index in [4.69, 9.17) is 4.74 Å². The van der Waals surface area contributed by atoms with E-state index in [0.717, 1.165) is 23.6 Å². The average Bonchev–Trinajstić information content (AvgIpc) is 3.11. The van der Waals surface area contributed by atoms with E-state index in [2.05, 4.69) is 28.4 Å². The standard InChI is InChI=1S/C15H20N4O/c1-10-6-11(2)18-15(14(10)8-16-12-4-5-12)20-13-7-17-19(3)9-13/h6-7,9,12,16H,4-5,8H2,1-3H3. The van der Waals surface area contributed by atoms with Gasteiger partial charge in [0.2, 0.25) is 5.88 Å². The summed E-state index contributed by atoms with van der Waals surface area (Å²) in [6.45, 7) is 4.90. The molecule has 1 N–H and O–H groups in total. The Morgan fingerprint density at radius 1 is 1.40 bits per heavy atom. The highest BCUT2D eigenvalue weighted by atomic mass is 16.5. The molecule has 0 spiro atoms. The summed E-state index contributed by atoms with van der Waals surface area (Å²) in [5, 5.41) is 7.64. The molecule has 1 fully saturated rings. The molecule has 0 radical (unpaired) electrons. The van der Waals surface area contributed by atoms with Crippen LogP contribution in [0.5, 0.6) is 11.6 Å². The third-order valence-corrected chi connectivity index (χ3v) is 3.48. The molecule has 5 heteroatoms. The number of nitrogens with one attached hydrogen (secondary N) is 1. The molecule has 2 aromatic rings. The molecule has 0 aliphatic heterocycles. The summed E-state index contributed by atoms with van der Waals surface area (Å²) >= 11 is 0. The van der Waals surface area contributed by atoms with Crippen molar-refractivity contribution in [2.75, 3.05) is 0 Å². The van der Waals surface area contributed by atoms with Gasteiger partial charge >= 0.3 is 0 Å². The Kier molecular flexibility index (Phi) is 3.44. The molecular formula is C15H20N4O. The third kappa shape index (κ3) is 2.99. The van der Waals surface area contributed by atoms with Crippen LogP contribution in [0.25, 0.3) is 0 Å².